The predicted octanol–water partition coefficient (Wildman–Crippen LogP) is 5.08. The fourth-order valence-electron chi connectivity index (χ4n) is 5.36. The zero-order valence-electron chi connectivity index (χ0n) is 21.6. The first-order chi connectivity index (χ1) is 18.0. The highest BCUT2D eigenvalue weighted by Crippen LogP contribution is 2.30. The lowest BCUT2D eigenvalue weighted by atomic mass is 9.88. The van der Waals surface area contributed by atoms with Crippen molar-refractivity contribution in [3.05, 3.63) is 83.6 Å². The van der Waals surface area contributed by atoms with E-state index < -0.39 is 6.10 Å². The third-order valence-corrected chi connectivity index (χ3v) is 7.40. The summed E-state index contributed by atoms with van der Waals surface area (Å²) < 4.78 is 6.00. The Hall–Kier alpha value is -3.48. The maximum absolute atomic E-state index is 12.6. The Labute approximate surface area is 218 Å². The number of amidine groups is 1. The van der Waals surface area contributed by atoms with Crippen LogP contribution in [0.5, 0.6) is 5.75 Å². The number of benzene rings is 3. The molecule has 1 atom stereocenters. The SMILES string of the molecule is CCN1C(=O)/C(=C/c2ccccc2OCC(O)CN2CCC(c3ccc4ccccc4c3)CC2)N=C1C. The lowest BCUT2D eigenvalue weighted by Gasteiger charge is -2.33. The van der Waals surface area contributed by atoms with Crippen molar-refractivity contribution in [1.82, 2.24) is 9.80 Å². The largest absolute Gasteiger partial charge is 0.490 e. The third-order valence-electron chi connectivity index (χ3n) is 7.40. The Bertz CT molecular complexity index is 1320. The molecular formula is C31H35N3O3. The monoisotopic (exact) mass is 497 g/mol. The molecule has 2 aliphatic heterocycles. The molecule has 6 nitrogen and oxygen atoms in total. The van der Waals surface area contributed by atoms with Crippen molar-refractivity contribution in [1.29, 1.82) is 0 Å². The summed E-state index contributed by atoms with van der Waals surface area (Å²) in [5, 5.41) is 13.3. The van der Waals surface area contributed by atoms with Crippen molar-refractivity contribution in [3.63, 3.8) is 0 Å². The van der Waals surface area contributed by atoms with Crippen LogP contribution in [0.15, 0.2) is 77.4 Å². The highest BCUT2D eigenvalue weighted by molar-refractivity contribution is 6.13. The van der Waals surface area contributed by atoms with E-state index >= 15 is 0 Å². The van der Waals surface area contributed by atoms with Crippen LogP contribution in [0.1, 0.15) is 43.7 Å². The van der Waals surface area contributed by atoms with E-state index in [-0.39, 0.29) is 12.5 Å². The third kappa shape index (κ3) is 5.76. The van der Waals surface area contributed by atoms with Crippen LogP contribution in [0, 0.1) is 0 Å². The molecule has 1 saturated heterocycles. The van der Waals surface area contributed by atoms with Gasteiger partial charge in [0.05, 0.1) is 0 Å². The minimum absolute atomic E-state index is 0.0954. The number of aliphatic hydroxyl groups excluding tert-OH is 1. The molecule has 0 aromatic heterocycles. The van der Waals surface area contributed by atoms with Crippen LogP contribution in [0.3, 0.4) is 0 Å². The summed E-state index contributed by atoms with van der Waals surface area (Å²) in [7, 11) is 0. The van der Waals surface area contributed by atoms with Crippen LogP contribution in [-0.2, 0) is 4.79 Å². The van der Waals surface area contributed by atoms with E-state index in [9.17, 15) is 9.90 Å². The second-order valence-corrected chi connectivity index (χ2v) is 9.92. The number of piperidine rings is 1. The van der Waals surface area contributed by atoms with Gasteiger partial charge in [-0.15, -0.1) is 0 Å². The molecule has 0 spiro atoms. The number of nitrogens with zero attached hydrogens (tertiary/aromatic N) is 3. The number of ether oxygens (including phenoxy) is 1. The molecule has 3 aromatic rings. The van der Waals surface area contributed by atoms with Crippen molar-refractivity contribution in [3.8, 4) is 5.75 Å². The van der Waals surface area contributed by atoms with Gasteiger partial charge in [0, 0.05) is 18.7 Å². The molecule has 0 bridgehead atoms. The number of carbonyl (C=O) groups is 1. The molecule has 1 N–H and O–H groups in total. The molecule has 1 amide bonds. The van der Waals surface area contributed by atoms with Crippen LogP contribution < -0.4 is 4.74 Å². The first kappa shape index (κ1) is 25.2. The minimum atomic E-state index is -0.595. The lowest BCUT2D eigenvalue weighted by Crippen LogP contribution is -2.40. The summed E-state index contributed by atoms with van der Waals surface area (Å²) in [6, 6.07) is 22.9. The van der Waals surface area contributed by atoms with Crippen molar-refractivity contribution >= 4 is 28.6 Å². The average molecular weight is 498 g/mol. The number of carbonyl (C=O) groups excluding carboxylic acids is 1. The highest BCUT2D eigenvalue weighted by Gasteiger charge is 2.26. The van der Waals surface area contributed by atoms with E-state index in [2.05, 4.69) is 52.4 Å². The molecule has 0 aliphatic carbocycles. The van der Waals surface area contributed by atoms with Gasteiger partial charge in [-0.05, 0) is 74.2 Å². The van der Waals surface area contributed by atoms with Crippen LogP contribution >= 0.6 is 0 Å². The lowest BCUT2D eigenvalue weighted by molar-refractivity contribution is -0.122. The molecule has 1 unspecified atom stereocenters. The summed E-state index contributed by atoms with van der Waals surface area (Å²) in [5.41, 5.74) is 2.60. The van der Waals surface area contributed by atoms with E-state index in [0.717, 1.165) is 31.5 Å². The number of β-amino-alcohol motifs (C(OH)–C–C–N with tert-alkyl or cyclic N) is 1. The van der Waals surface area contributed by atoms with Gasteiger partial charge in [0.15, 0.2) is 0 Å². The average Bonchev–Trinajstić information content (AvgIpc) is 3.19. The first-order valence-corrected chi connectivity index (χ1v) is 13.2. The van der Waals surface area contributed by atoms with Crippen LogP contribution in [0.2, 0.25) is 0 Å². The van der Waals surface area contributed by atoms with E-state index in [1.807, 2.05) is 38.1 Å². The molecular weight excluding hydrogens is 462 g/mol. The Kier molecular flexibility index (Phi) is 7.68. The number of amides is 1. The fraction of sp³-hybridized carbons (Fsp3) is 0.355. The van der Waals surface area contributed by atoms with E-state index in [1.165, 1.54) is 16.3 Å². The summed E-state index contributed by atoms with van der Waals surface area (Å²) in [4.78, 5) is 21.0. The quantitative estimate of drug-likeness (QED) is 0.441. The van der Waals surface area contributed by atoms with Gasteiger partial charge in [-0.25, -0.2) is 4.99 Å². The number of likely N-dealkylation sites (tertiary alicyclic amines) is 1. The van der Waals surface area contributed by atoms with Crippen molar-refractivity contribution < 1.29 is 14.6 Å². The Morgan fingerprint density at radius 2 is 1.78 bits per heavy atom. The highest BCUT2D eigenvalue weighted by atomic mass is 16.5. The molecule has 3 aromatic carbocycles. The summed E-state index contributed by atoms with van der Waals surface area (Å²) in [6.07, 6.45) is 3.35. The molecule has 0 radical (unpaired) electrons. The molecule has 5 rings (SSSR count). The minimum Gasteiger partial charge on any atom is -0.490 e. The smallest absolute Gasteiger partial charge is 0.277 e. The Balaban J connectivity index is 1.14. The molecule has 0 saturated carbocycles. The predicted molar refractivity (Wildman–Crippen MR) is 149 cm³/mol. The van der Waals surface area contributed by atoms with Crippen molar-refractivity contribution in [2.45, 2.75) is 38.7 Å². The van der Waals surface area contributed by atoms with Gasteiger partial charge in [0.2, 0.25) is 0 Å². The van der Waals surface area contributed by atoms with Crippen LogP contribution in [0.25, 0.3) is 16.8 Å². The first-order valence-electron chi connectivity index (χ1n) is 13.2. The summed E-state index contributed by atoms with van der Waals surface area (Å²) in [5.74, 6) is 1.81. The Morgan fingerprint density at radius 1 is 1.05 bits per heavy atom. The number of rotatable bonds is 8. The second kappa shape index (κ2) is 11.3. The maximum Gasteiger partial charge on any atom is 0.277 e. The number of likely N-dealkylation sites (N-methyl/N-ethyl adjacent to an activating group) is 1. The number of fused-ring (bicyclic) bond motifs is 1. The van der Waals surface area contributed by atoms with Crippen LogP contribution in [-0.4, -0.2) is 65.5 Å². The van der Waals surface area contributed by atoms with Gasteiger partial charge < -0.3 is 14.7 Å². The fourth-order valence-corrected chi connectivity index (χ4v) is 5.36. The standard InChI is InChI=1S/C31H35N3O3/c1-3-34-22(2)32-29(31(34)36)19-27-10-6-7-11-30(27)37-21-28(35)20-33-16-14-24(15-17-33)26-13-12-23-8-4-5-9-25(23)18-26/h4-13,18-19,24,28,35H,3,14-17,20-21H2,1-2H3/b29-19-. The summed E-state index contributed by atoms with van der Waals surface area (Å²) in [6.45, 7) is 7.07. The molecule has 37 heavy (non-hydrogen) atoms. The summed E-state index contributed by atoms with van der Waals surface area (Å²) >= 11 is 0. The topological polar surface area (TPSA) is 65.4 Å². The van der Waals surface area contributed by atoms with Gasteiger partial charge >= 0.3 is 0 Å². The number of hydrogen-bond donors (Lipinski definition) is 1. The van der Waals surface area contributed by atoms with Gasteiger partial charge in [-0.3, -0.25) is 9.69 Å². The number of aliphatic imine (C=N–C) groups is 1. The molecule has 2 aliphatic rings. The number of aliphatic hydroxyl groups is 1. The number of para-hydroxylation sites is 1. The van der Waals surface area contributed by atoms with Gasteiger partial charge in [-0.1, -0.05) is 60.7 Å². The molecule has 2 heterocycles. The zero-order chi connectivity index (χ0) is 25.8. The van der Waals surface area contributed by atoms with E-state index in [0.29, 0.717) is 36.3 Å². The number of hydrogen-bond acceptors (Lipinski definition) is 5. The van der Waals surface area contributed by atoms with Crippen molar-refractivity contribution in [2.24, 2.45) is 4.99 Å². The van der Waals surface area contributed by atoms with Gasteiger partial charge in [0.1, 0.15) is 30.0 Å². The van der Waals surface area contributed by atoms with Crippen molar-refractivity contribution in [2.75, 3.05) is 32.8 Å². The van der Waals surface area contributed by atoms with Gasteiger partial charge in [0.25, 0.3) is 5.91 Å². The maximum atomic E-state index is 12.6. The van der Waals surface area contributed by atoms with Crippen LogP contribution in [0.4, 0.5) is 0 Å². The van der Waals surface area contributed by atoms with E-state index in [1.54, 1.807) is 11.0 Å². The normalized spacial score (nSPS) is 19.0. The zero-order valence-corrected chi connectivity index (χ0v) is 21.6. The van der Waals surface area contributed by atoms with E-state index in [4.69, 9.17) is 4.74 Å². The Morgan fingerprint density at radius 3 is 2.54 bits per heavy atom. The molecule has 1 fully saturated rings. The second-order valence-electron chi connectivity index (χ2n) is 9.92. The van der Waals surface area contributed by atoms with Gasteiger partial charge in [-0.2, -0.15) is 0 Å². The molecule has 192 valence electrons. The molecule has 6 heteroatoms.